The van der Waals surface area contributed by atoms with Gasteiger partial charge < -0.3 is 14.6 Å². The minimum absolute atomic E-state index is 0.263. The highest BCUT2D eigenvalue weighted by molar-refractivity contribution is 7.98. The first-order valence-electron chi connectivity index (χ1n) is 5.68. The molecule has 1 aromatic carbocycles. The fourth-order valence-electron chi connectivity index (χ4n) is 2.09. The van der Waals surface area contributed by atoms with Crippen molar-refractivity contribution in [2.75, 3.05) is 20.0 Å². The summed E-state index contributed by atoms with van der Waals surface area (Å²) in [4.78, 5) is 0. The van der Waals surface area contributed by atoms with Crippen LogP contribution < -0.4 is 9.47 Å². The first-order chi connectivity index (χ1) is 8.17. The van der Waals surface area contributed by atoms with Crippen LogP contribution >= 0.6 is 11.8 Å². The number of hydrogen-bond acceptors (Lipinski definition) is 4. The lowest BCUT2D eigenvalue weighted by Gasteiger charge is -2.19. The van der Waals surface area contributed by atoms with Gasteiger partial charge in [0.1, 0.15) is 0 Å². The Hall–Kier alpha value is -0.870. The number of rotatable bonds is 2. The van der Waals surface area contributed by atoms with Crippen LogP contribution in [-0.2, 0) is 5.75 Å². The molecule has 4 heteroatoms. The van der Waals surface area contributed by atoms with E-state index in [0.29, 0.717) is 5.75 Å². The number of benzene rings is 1. The van der Waals surface area contributed by atoms with E-state index in [1.807, 2.05) is 23.9 Å². The quantitative estimate of drug-likeness (QED) is 0.880. The molecule has 0 aliphatic carbocycles. The van der Waals surface area contributed by atoms with Crippen molar-refractivity contribution < 1.29 is 14.6 Å². The molecule has 1 heterocycles. The monoisotopic (exact) mass is 254 g/mol. The lowest BCUT2D eigenvalue weighted by Crippen LogP contribution is -2.11. The summed E-state index contributed by atoms with van der Waals surface area (Å²) in [6.07, 6.45) is -0.417. The zero-order valence-electron chi connectivity index (χ0n) is 10.4. The van der Waals surface area contributed by atoms with Crippen LogP contribution in [0.4, 0.5) is 0 Å². The van der Waals surface area contributed by atoms with Gasteiger partial charge in [0.2, 0.25) is 0 Å². The van der Waals surface area contributed by atoms with Crippen LogP contribution in [0.1, 0.15) is 24.2 Å². The third kappa shape index (κ3) is 2.38. The van der Waals surface area contributed by atoms with E-state index in [0.717, 1.165) is 28.4 Å². The van der Waals surface area contributed by atoms with Crippen molar-refractivity contribution in [1.82, 2.24) is 0 Å². The molecule has 0 spiro atoms. The van der Waals surface area contributed by atoms with E-state index in [9.17, 15) is 5.11 Å². The van der Waals surface area contributed by atoms with Gasteiger partial charge in [-0.05, 0) is 34.9 Å². The maximum Gasteiger partial charge on any atom is 0.161 e. The Labute approximate surface area is 106 Å². The molecule has 0 amide bonds. The lowest BCUT2D eigenvalue weighted by molar-refractivity contribution is 0.129. The van der Waals surface area contributed by atoms with Crippen molar-refractivity contribution in [3.63, 3.8) is 0 Å². The van der Waals surface area contributed by atoms with Gasteiger partial charge in [-0.15, -0.1) is 0 Å². The van der Waals surface area contributed by atoms with Crippen molar-refractivity contribution in [3.8, 4) is 11.5 Å². The van der Waals surface area contributed by atoms with Gasteiger partial charge in [0, 0.05) is 5.75 Å². The summed E-state index contributed by atoms with van der Waals surface area (Å²) >= 11 is 1.85. The van der Waals surface area contributed by atoms with E-state index in [1.165, 1.54) is 0 Å². The Kier molecular flexibility index (Phi) is 3.84. The Morgan fingerprint density at radius 1 is 1.24 bits per heavy atom. The van der Waals surface area contributed by atoms with Crippen LogP contribution in [-0.4, -0.2) is 25.1 Å². The second kappa shape index (κ2) is 5.19. The van der Waals surface area contributed by atoms with Crippen LogP contribution in [0.5, 0.6) is 11.5 Å². The number of ether oxygens (including phenoxy) is 2. The van der Waals surface area contributed by atoms with Gasteiger partial charge in [0.15, 0.2) is 11.5 Å². The second-order valence-corrected chi connectivity index (χ2v) is 5.37. The fourth-order valence-corrected chi connectivity index (χ4v) is 3.23. The molecule has 0 saturated carbocycles. The first kappa shape index (κ1) is 12.6. The molecule has 2 unspecified atom stereocenters. The van der Waals surface area contributed by atoms with Crippen LogP contribution in [0.25, 0.3) is 0 Å². The number of thioether (sulfide) groups is 1. The molecule has 0 aromatic heterocycles. The molecular formula is C13H18O3S. The minimum atomic E-state index is -0.417. The molecule has 2 atom stereocenters. The van der Waals surface area contributed by atoms with E-state index in [2.05, 4.69) is 6.92 Å². The average Bonchev–Trinajstić information content (AvgIpc) is 2.48. The van der Waals surface area contributed by atoms with E-state index >= 15 is 0 Å². The predicted octanol–water partition coefficient (Wildman–Crippen LogP) is 2.62. The SMILES string of the molecule is COc1cc2c(cc1OC)C(O)C(C)CSC2. The lowest BCUT2D eigenvalue weighted by atomic mass is 9.95. The van der Waals surface area contributed by atoms with Crippen molar-refractivity contribution in [1.29, 1.82) is 0 Å². The number of methoxy groups -OCH3 is 2. The minimum Gasteiger partial charge on any atom is -0.493 e. The highest BCUT2D eigenvalue weighted by Gasteiger charge is 2.25. The molecule has 2 rings (SSSR count). The van der Waals surface area contributed by atoms with Crippen molar-refractivity contribution in [2.24, 2.45) is 5.92 Å². The largest absolute Gasteiger partial charge is 0.493 e. The molecule has 0 radical (unpaired) electrons. The van der Waals surface area contributed by atoms with Crippen LogP contribution in [0.3, 0.4) is 0 Å². The van der Waals surface area contributed by atoms with Crippen molar-refractivity contribution in [2.45, 2.75) is 18.8 Å². The van der Waals surface area contributed by atoms with Gasteiger partial charge in [-0.2, -0.15) is 11.8 Å². The third-order valence-electron chi connectivity index (χ3n) is 3.14. The van der Waals surface area contributed by atoms with E-state index < -0.39 is 6.10 Å². The smallest absolute Gasteiger partial charge is 0.161 e. The highest BCUT2D eigenvalue weighted by atomic mass is 32.2. The first-order valence-corrected chi connectivity index (χ1v) is 6.83. The summed E-state index contributed by atoms with van der Waals surface area (Å²) in [7, 11) is 3.25. The second-order valence-electron chi connectivity index (χ2n) is 4.34. The van der Waals surface area contributed by atoms with Gasteiger partial charge in [-0.1, -0.05) is 6.92 Å². The fraction of sp³-hybridized carbons (Fsp3) is 0.538. The topological polar surface area (TPSA) is 38.7 Å². The Balaban J connectivity index is 2.49. The molecular weight excluding hydrogens is 236 g/mol. The number of aliphatic hydroxyl groups is 1. The van der Waals surface area contributed by atoms with E-state index in [1.54, 1.807) is 14.2 Å². The van der Waals surface area contributed by atoms with E-state index in [-0.39, 0.29) is 5.92 Å². The summed E-state index contributed by atoms with van der Waals surface area (Å²) in [5.74, 6) is 3.56. The standard InChI is InChI=1S/C13H18O3S/c1-8-6-17-7-9-4-11(15-2)12(16-3)5-10(9)13(8)14/h4-5,8,13-14H,6-7H2,1-3H3. The number of fused-ring (bicyclic) bond motifs is 1. The summed E-state index contributed by atoms with van der Waals surface area (Å²) < 4.78 is 10.6. The van der Waals surface area contributed by atoms with Crippen molar-refractivity contribution >= 4 is 11.8 Å². The summed E-state index contributed by atoms with van der Waals surface area (Å²) in [6.45, 7) is 2.07. The average molecular weight is 254 g/mol. The number of aliphatic hydroxyl groups excluding tert-OH is 1. The van der Waals surface area contributed by atoms with Gasteiger partial charge in [0.25, 0.3) is 0 Å². The molecule has 94 valence electrons. The number of hydrogen-bond donors (Lipinski definition) is 1. The zero-order valence-corrected chi connectivity index (χ0v) is 11.2. The molecule has 1 aliphatic rings. The van der Waals surface area contributed by atoms with Crippen LogP contribution in [0.15, 0.2) is 12.1 Å². The molecule has 3 nitrogen and oxygen atoms in total. The maximum atomic E-state index is 10.3. The molecule has 0 bridgehead atoms. The molecule has 17 heavy (non-hydrogen) atoms. The Morgan fingerprint density at radius 2 is 1.88 bits per heavy atom. The predicted molar refractivity (Wildman–Crippen MR) is 69.8 cm³/mol. The highest BCUT2D eigenvalue weighted by Crippen LogP contribution is 2.40. The Morgan fingerprint density at radius 3 is 2.53 bits per heavy atom. The van der Waals surface area contributed by atoms with Gasteiger partial charge in [-0.25, -0.2) is 0 Å². The zero-order chi connectivity index (χ0) is 12.4. The maximum absolute atomic E-state index is 10.3. The molecule has 1 N–H and O–H groups in total. The van der Waals surface area contributed by atoms with Crippen molar-refractivity contribution in [3.05, 3.63) is 23.3 Å². The summed E-state index contributed by atoms with van der Waals surface area (Å²) in [5, 5.41) is 10.3. The molecule has 1 aliphatic heterocycles. The van der Waals surface area contributed by atoms with Gasteiger partial charge in [0.05, 0.1) is 20.3 Å². The van der Waals surface area contributed by atoms with Gasteiger partial charge in [-0.3, -0.25) is 0 Å². The van der Waals surface area contributed by atoms with Gasteiger partial charge >= 0.3 is 0 Å². The van der Waals surface area contributed by atoms with Crippen LogP contribution in [0.2, 0.25) is 0 Å². The normalized spacial score (nSPS) is 23.8. The third-order valence-corrected chi connectivity index (χ3v) is 4.42. The summed E-state index contributed by atoms with van der Waals surface area (Å²) in [5.41, 5.74) is 2.12. The van der Waals surface area contributed by atoms with E-state index in [4.69, 9.17) is 9.47 Å². The molecule has 1 aromatic rings. The Bertz CT molecular complexity index is 406. The molecule has 0 saturated heterocycles. The summed E-state index contributed by atoms with van der Waals surface area (Å²) in [6, 6.07) is 3.88. The molecule has 0 fully saturated rings. The van der Waals surface area contributed by atoms with Crippen LogP contribution in [0, 0.1) is 5.92 Å².